The van der Waals surface area contributed by atoms with Crippen molar-refractivity contribution >= 4 is 33.4 Å². The normalized spacial score (nSPS) is 12.3. The van der Waals surface area contributed by atoms with Gasteiger partial charge < -0.3 is 9.30 Å². The molecule has 2 aromatic heterocycles. The number of nitrogens with zero attached hydrogens (tertiary/aromatic N) is 4. The first-order chi connectivity index (χ1) is 14.2. The molecule has 2 heterocycles. The first-order valence-electron chi connectivity index (χ1n) is 10.1. The first-order valence-corrected chi connectivity index (χ1v) is 11.0. The molecule has 160 valence electrons. The fourth-order valence-electron chi connectivity index (χ4n) is 3.24. The number of ether oxygens (including phenoxy) is 1. The highest BCUT2D eigenvalue weighted by Gasteiger charge is 2.18. The zero-order chi connectivity index (χ0) is 22.0. The fourth-order valence-corrected chi connectivity index (χ4v) is 4.31. The Morgan fingerprint density at radius 1 is 1.20 bits per heavy atom. The van der Waals surface area contributed by atoms with Crippen LogP contribution in [0.5, 0.6) is 0 Å². The third-order valence-electron chi connectivity index (χ3n) is 4.73. The Kier molecular flexibility index (Phi) is 6.55. The van der Waals surface area contributed by atoms with Crippen LogP contribution in [0.1, 0.15) is 68.3 Å². The molecule has 0 fully saturated rings. The van der Waals surface area contributed by atoms with Gasteiger partial charge in [-0.05, 0) is 57.4 Å². The Morgan fingerprint density at radius 3 is 2.57 bits per heavy atom. The van der Waals surface area contributed by atoms with Crippen LogP contribution < -0.4 is 4.80 Å². The van der Waals surface area contributed by atoms with Gasteiger partial charge in [-0.25, -0.2) is 0 Å². The average Bonchev–Trinajstić information content (AvgIpc) is 3.22. The van der Waals surface area contributed by atoms with Crippen molar-refractivity contribution < 1.29 is 14.3 Å². The Balaban J connectivity index is 2.15. The van der Waals surface area contributed by atoms with Gasteiger partial charge in [0.15, 0.2) is 4.80 Å². The lowest BCUT2D eigenvalue weighted by Crippen LogP contribution is -2.23. The summed E-state index contributed by atoms with van der Waals surface area (Å²) >= 11 is 1.40. The monoisotopic (exact) mass is 428 g/mol. The van der Waals surface area contributed by atoms with Gasteiger partial charge in [-0.3, -0.25) is 14.3 Å². The molecule has 3 rings (SSSR count). The zero-order valence-electron chi connectivity index (χ0n) is 18.3. The van der Waals surface area contributed by atoms with E-state index in [1.807, 2.05) is 32.9 Å². The molecule has 1 aromatic carbocycles. The molecular weight excluding hydrogens is 400 g/mol. The van der Waals surface area contributed by atoms with Crippen LogP contribution in [-0.4, -0.2) is 32.8 Å². The topological polar surface area (TPSA) is 78.5 Å². The molecule has 0 atom stereocenters. The molecule has 0 N–H and O–H groups in total. The van der Waals surface area contributed by atoms with Gasteiger partial charge in [0.2, 0.25) is 0 Å². The number of fused-ring (bicyclic) bond motifs is 1. The number of aromatic nitrogens is 3. The summed E-state index contributed by atoms with van der Waals surface area (Å²) in [6.07, 6.45) is 0. The van der Waals surface area contributed by atoms with Gasteiger partial charge in [0.1, 0.15) is 12.2 Å². The molecule has 0 bridgehead atoms. The van der Waals surface area contributed by atoms with E-state index in [1.165, 1.54) is 16.9 Å². The van der Waals surface area contributed by atoms with Crippen molar-refractivity contribution in [3.63, 3.8) is 0 Å². The summed E-state index contributed by atoms with van der Waals surface area (Å²) in [5.74, 6) is -0.361. The molecule has 0 spiro atoms. The zero-order valence-corrected chi connectivity index (χ0v) is 19.1. The lowest BCUT2D eigenvalue weighted by Gasteiger charge is -2.08. The first kappa shape index (κ1) is 22.0. The molecule has 0 saturated carbocycles. The van der Waals surface area contributed by atoms with Crippen LogP contribution in [0, 0.1) is 6.92 Å². The van der Waals surface area contributed by atoms with Crippen molar-refractivity contribution in [2.75, 3.05) is 6.61 Å². The Hall–Kier alpha value is -2.74. The summed E-state index contributed by atoms with van der Waals surface area (Å²) in [5.41, 5.74) is 3.25. The fraction of sp³-hybridized carbons (Fsp3) is 0.455. The second-order valence-corrected chi connectivity index (χ2v) is 8.79. The van der Waals surface area contributed by atoms with Gasteiger partial charge in [-0.15, -0.1) is 0 Å². The summed E-state index contributed by atoms with van der Waals surface area (Å²) in [4.78, 5) is 30.1. The van der Waals surface area contributed by atoms with Crippen LogP contribution >= 0.6 is 11.3 Å². The predicted octanol–water partition coefficient (Wildman–Crippen LogP) is 4.22. The lowest BCUT2D eigenvalue weighted by molar-refractivity contribution is -0.143. The quantitative estimate of drug-likeness (QED) is 0.551. The highest BCUT2D eigenvalue weighted by molar-refractivity contribution is 7.16. The molecule has 30 heavy (non-hydrogen) atoms. The third kappa shape index (κ3) is 4.53. The minimum absolute atomic E-state index is 0.00342. The van der Waals surface area contributed by atoms with Crippen LogP contribution in [0.15, 0.2) is 29.3 Å². The molecule has 8 heteroatoms. The number of amides is 1. The maximum absolute atomic E-state index is 13.0. The number of benzene rings is 1. The van der Waals surface area contributed by atoms with E-state index in [0.717, 1.165) is 15.9 Å². The molecule has 0 aliphatic heterocycles. The largest absolute Gasteiger partial charge is 0.465 e. The smallest absolute Gasteiger partial charge is 0.326 e. The molecule has 3 aromatic rings. The number of carbonyl (C=O) groups is 2. The minimum Gasteiger partial charge on any atom is -0.465 e. The molecule has 0 aliphatic carbocycles. The third-order valence-corrected chi connectivity index (χ3v) is 5.77. The van der Waals surface area contributed by atoms with E-state index < -0.39 is 0 Å². The highest BCUT2D eigenvalue weighted by Crippen LogP contribution is 2.24. The van der Waals surface area contributed by atoms with Gasteiger partial charge in [-0.2, -0.15) is 10.1 Å². The van der Waals surface area contributed by atoms with Crippen LogP contribution in [0.4, 0.5) is 0 Å². The molecular formula is C22H28N4O3S. The number of esters is 1. The van der Waals surface area contributed by atoms with E-state index in [2.05, 4.69) is 30.0 Å². The minimum atomic E-state index is -0.377. The standard InChI is InChI=1S/C22H28N4O3S/c1-7-29-20(27)12-25-17-9-8-16(13(2)3)11-19(17)30-22(25)23-21(28)18-10-15(6)24-26(18)14(4)5/h8-11,13-14H,7,12H2,1-6H3. The van der Waals surface area contributed by atoms with Crippen molar-refractivity contribution in [2.24, 2.45) is 4.99 Å². The van der Waals surface area contributed by atoms with Crippen molar-refractivity contribution in [1.29, 1.82) is 0 Å². The van der Waals surface area contributed by atoms with E-state index in [9.17, 15) is 9.59 Å². The lowest BCUT2D eigenvalue weighted by atomic mass is 10.0. The molecule has 7 nitrogen and oxygen atoms in total. The van der Waals surface area contributed by atoms with E-state index in [0.29, 0.717) is 23.0 Å². The highest BCUT2D eigenvalue weighted by atomic mass is 32.1. The molecule has 0 saturated heterocycles. The van der Waals surface area contributed by atoms with Crippen LogP contribution in [0.3, 0.4) is 0 Å². The average molecular weight is 429 g/mol. The number of hydrogen-bond acceptors (Lipinski definition) is 5. The second-order valence-electron chi connectivity index (χ2n) is 7.78. The van der Waals surface area contributed by atoms with Crippen molar-refractivity contribution in [2.45, 2.75) is 60.0 Å². The predicted molar refractivity (Wildman–Crippen MR) is 118 cm³/mol. The summed E-state index contributed by atoms with van der Waals surface area (Å²) in [5, 5.41) is 4.40. The maximum Gasteiger partial charge on any atom is 0.326 e. The van der Waals surface area contributed by atoms with Crippen LogP contribution in [-0.2, 0) is 16.1 Å². The van der Waals surface area contributed by atoms with Gasteiger partial charge in [0.25, 0.3) is 5.91 Å². The van der Waals surface area contributed by atoms with Gasteiger partial charge in [0.05, 0.1) is 22.5 Å². The summed E-state index contributed by atoms with van der Waals surface area (Å²) in [7, 11) is 0. The number of thiazole rings is 1. The number of carbonyl (C=O) groups excluding carboxylic acids is 2. The molecule has 0 radical (unpaired) electrons. The molecule has 0 aliphatic rings. The second kappa shape index (κ2) is 8.95. The number of hydrogen-bond donors (Lipinski definition) is 0. The van der Waals surface area contributed by atoms with Crippen LogP contribution in [0.25, 0.3) is 10.2 Å². The Morgan fingerprint density at radius 2 is 1.93 bits per heavy atom. The van der Waals surface area contributed by atoms with E-state index in [1.54, 1.807) is 22.2 Å². The van der Waals surface area contributed by atoms with Crippen molar-refractivity contribution in [3.8, 4) is 0 Å². The van der Waals surface area contributed by atoms with E-state index in [4.69, 9.17) is 4.74 Å². The summed E-state index contributed by atoms with van der Waals surface area (Å²) < 4.78 is 9.54. The summed E-state index contributed by atoms with van der Waals surface area (Å²) in [6, 6.07) is 7.90. The maximum atomic E-state index is 13.0. The summed E-state index contributed by atoms with van der Waals surface area (Å²) in [6.45, 7) is 12.1. The Labute approximate surface area is 180 Å². The number of aryl methyl sites for hydroxylation is 1. The van der Waals surface area contributed by atoms with Crippen molar-refractivity contribution in [3.05, 3.63) is 46.0 Å². The number of rotatable bonds is 6. The van der Waals surface area contributed by atoms with Crippen LogP contribution in [0.2, 0.25) is 0 Å². The molecule has 0 unspecified atom stereocenters. The Bertz CT molecular complexity index is 1150. The van der Waals surface area contributed by atoms with Crippen molar-refractivity contribution in [1.82, 2.24) is 14.3 Å². The molecule has 1 amide bonds. The SMILES string of the molecule is CCOC(=O)Cn1c(=NC(=O)c2cc(C)nn2C(C)C)sc2cc(C(C)C)ccc21. The van der Waals surface area contributed by atoms with Gasteiger partial charge in [0, 0.05) is 6.04 Å². The van der Waals surface area contributed by atoms with E-state index >= 15 is 0 Å². The van der Waals surface area contributed by atoms with E-state index in [-0.39, 0.29) is 24.5 Å². The van der Waals surface area contributed by atoms with Gasteiger partial charge in [-0.1, -0.05) is 31.3 Å². The van der Waals surface area contributed by atoms with Gasteiger partial charge >= 0.3 is 5.97 Å².